The lowest BCUT2D eigenvalue weighted by atomic mass is 10.5. The molecule has 18 heavy (non-hydrogen) atoms. The van der Waals surface area contributed by atoms with Crippen molar-refractivity contribution in [2.24, 2.45) is 0 Å². The van der Waals surface area contributed by atoms with Crippen molar-refractivity contribution in [3.05, 3.63) is 24.5 Å². The quantitative estimate of drug-likeness (QED) is 0.853. The first kappa shape index (κ1) is 12.0. The zero-order chi connectivity index (χ0) is 12.8. The number of aromatic nitrogens is 4. The molecule has 0 aliphatic heterocycles. The maximum Gasteiger partial charge on any atom is 0.330 e. The molecular weight excluding hydrogens is 234 g/mol. The van der Waals surface area contributed by atoms with Crippen LogP contribution >= 0.6 is 0 Å². The summed E-state index contributed by atoms with van der Waals surface area (Å²) in [5.41, 5.74) is 5.55. The fraction of sp³-hybridized carbons (Fsp3) is 0.273. The van der Waals surface area contributed by atoms with Crippen LogP contribution in [0.4, 0.5) is 5.95 Å². The summed E-state index contributed by atoms with van der Waals surface area (Å²) in [7, 11) is 0. The zero-order valence-electron chi connectivity index (χ0n) is 9.91. The van der Waals surface area contributed by atoms with E-state index in [-0.39, 0.29) is 18.0 Å². The van der Waals surface area contributed by atoms with E-state index >= 15 is 0 Å². The van der Waals surface area contributed by atoms with Gasteiger partial charge in [0, 0.05) is 6.20 Å². The molecule has 0 aliphatic rings. The molecule has 2 N–H and O–H groups in total. The van der Waals surface area contributed by atoms with E-state index in [1.807, 2.05) is 6.92 Å². The van der Waals surface area contributed by atoms with Gasteiger partial charge in [0.25, 0.3) is 0 Å². The van der Waals surface area contributed by atoms with Crippen LogP contribution in [0.15, 0.2) is 24.5 Å². The van der Waals surface area contributed by atoms with Gasteiger partial charge in [0.1, 0.15) is 5.75 Å². The Morgan fingerprint density at radius 1 is 1.22 bits per heavy atom. The van der Waals surface area contributed by atoms with Crippen molar-refractivity contribution < 1.29 is 9.47 Å². The summed E-state index contributed by atoms with van der Waals surface area (Å²) >= 11 is 0. The molecule has 0 spiro atoms. The van der Waals surface area contributed by atoms with Gasteiger partial charge in [0.15, 0.2) is 0 Å². The summed E-state index contributed by atoms with van der Waals surface area (Å²) in [6, 6.07) is 3.72. The molecular formula is C11H13N5O2. The molecule has 0 bridgehead atoms. The Bertz CT molecular complexity index is 506. The second-order valence-corrected chi connectivity index (χ2v) is 3.40. The lowest BCUT2D eigenvalue weighted by Crippen LogP contribution is -2.05. The van der Waals surface area contributed by atoms with Gasteiger partial charge in [-0.15, -0.1) is 4.98 Å². The smallest absolute Gasteiger partial charge is 0.330 e. The Labute approximate surface area is 104 Å². The molecule has 0 saturated heterocycles. The molecule has 0 fully saturated rings. The molecule has 0 atom stereocenters. The van der Waals surface area contributed by atoms with Gasteiger partial charge < -0.3 is 15.2 Å². The van der Waals surface area contributed by atoms with Crippen LogP contribution in [-0.4, -0.2) is 26.5 Å². The van der Waals surface area contributed by atoms with Crippen LogP contribution in [0, 0.1) is 0 Å². The van der Waals surface area contributed by atoms with E-state index in [0.717, 1.165) is 6.42 Å². The summed E-state index contributed by atoms with van der Waals surface area (Å²) in [4.78, 5) is 15.6. The largest absolute Gasteiger partial charge is 0.463 e. The van der Waals surface area contributed by atoms with Crippen molar-refractivity contribution in [2.45, 2.75) is 13.3 Å². The summed E-state index contributed by atoms with van der Waals surface area (Å²) in [5.74, 6) is 0.569. The SMILES string of the molecule is CCCOc1nc(N)nc(Oc2cccnc2)n1. The van der Waals surface area contributed by atoms with Crippen molar-refractivity contribution in [2.75, 3.05) is 12.3 Å². The molecule has 0 aromatic carbocycles. The highest BCUT2D eigenvalue weighted by Gasteiger charge is 2.07. The first-order valence-corrected chi connectivity index (χ1v) is 5.50. The van der Waals surface area contributed by atoms with Gasteiger partial charge >= 0.3 is 12.0 Å². The Kier molecular flexibility index (Phi) is 3.85. The predicted octanol–water partition coefficient (Wildman–Crippen LogP) is 1.43. The molecule has 0 aliphatic carbocycles. The van der Waals surface area contributed by atoms with Gasteiger partial charge in [-0.2, -0.15) is 9.97 Å². The van der Waals surface area contributed by atoms with Gasteiger partial charge in [-0.1, -0.05) is 6.92 Å². The molecule has 2 aromatic rings. The summed E-state index contributed by atoms with van der Waals surface area (Å²) in [6.45, 7) is 2.49. The highest BCUT2D eigenvalue weighted by molar-refractivity contribution is 5.24. The third-order valence-electron chi connectivity index (χ3n) is 1.89. The van der Waals surface area contributed by atoms with Crippen molar-refractivity contribution in [1.29, 1.82) is 0 Å². The molecule has 2 heterocycles. The minimum atomic E-state index is 0.0509. The minimum absolute atomic E-state index is 0.0509. The third-order valence-corrected chi connectivity index (χ3v) is 1.89. The van der Waals surface area contributed by atoms with Crippen LogP contribution in [-0.2, 0) is 0 Å². The first-order valence-electron chi connectivity index (χ1n) is 5.50. The van der Waals surface area contributed by atoms with E-state index in [1.54, 1.807) is 24.5 Å². The monoisotopic (exact) mass is 247 g/mol. The molecule has 7 heteroatoms. The van der Waals surface area contributed by atoms with Crippen LogP contribution < -0.4 is 15.2 Å². The van der Waals surface area contributed by atoms with E-state index in [1.165, 1.54) is 0 Å². The van der Waals surface area contributed by atoms with Gasteiger partial charge in [0.2, 0.25) is 5.95 Å². The Hall–Kier alpha value is -2.44. The van der Waals surface area contributed by atoms with E-state index in [2.05, 4.69) is 19.9 Å². The highest BCUT2D eigenvalue weighted by atomic mass is 16.5. The van der Waals surface area contributed by atoms with E-state index in [4.69, 9.17) is 15.2 Å². The van der Waals surface area contributed by atoms with Gasteiger partial charge in [0.05, 0.1) is 12.8 Å². The van der Waals surface area contributed by atoms with Gasteiger partial charge in [-0.05, 0) is 18.6 Å². The second-order valence-electron chi connectivity index (χ2n) is 3.40. The lowest BCUT2D eigenvalue weighted by Gasteiger charge is -2.06. The van der Waals surface area contributed by atoms with Crippen LogP contribution in [0.25, 0.3) is 0 Å². The molecule has 0 unspecified atom stereocenters. The second kappa shape index (κ2) is 5.76. The normalized spacial score (nSPS) is 10.1. The topological polar surface area (TPSA) is 96.0 Å². The predicted molar refractivity (Wildman–Crippen MR) is 64.3 cm³/mol. The van der Waals surface area contributed by atoms with Crippen molar-refractivity contribution in [3.63, 3.8) is 0 Å². The number of anilines is 1. The number of nitrogen functional groups attached to an aromatic ring is 1. The van der Waals surface area contributed by atoms with Crippen LogP contribution in [0.3, 0.4) is 0 Å². The van der Waals surface area contributed by atoms with E-state index < -0.39 is 0 Å². The molecule has 0 saturated carbocycles. The zero-order valence-corrected chi connectivity index (χ0v) is 9.91. The van der Waals surface area contributed by atoms with Crippen molar-refractivity contribution in [1.82, 2.24) is 19.9 Å². The maximum absolute atomic E-state index is 5.55. The standard InChI is InChI=1S/C11H13N5O2/c1-2-6-17-10-14-9(12)15-11(16-10)18-8-4-3-5-13-7-8/h3-5,7H,2,6H2,1H3,(H2,12,14,15,16). The molecule has 2 rings (SSSR count). The Morgan fingerprint density at radius 2 is 2.06 bits per heavy atom. The Morgan fingerprint density at radius 3 is 2.78 bits per heavy atom. The number of pyridine rings is 1. The molecule has 94 valence electrons. The van der Waals surface area contributed by atoms with Crippen LogP contribution in [0.1, 0.15) is 13.3 Å². The van der Waals surface area contributed by atoms with Gasteiger partial charge in [-0.3, -0.25) is 4.98 Å². The fourth-order valence-corrected chi connectivity index (χ4v) is 1.17. The van der Waals surface area contributed by atoms with Crippen LogP contribution in [0.5, 0.6) is 17.8 Å². The third kappa shape index (κ3) is 3.27. The average Bonchev–Trinajstić information content (AvgIpc) is 2.37. The minimum Gasteiger partial charge on any atom is -0.463 e. The van der Waals surface area contributed by atoms with Crippen LogP contribution in [0.2, 0.25) is 0 Å². The summed E-state index contributed by atoms with van der Waals surface area (Å²) < 4.78 is 10.7. The van der Waals surface area contributed by atoms with Crippen molar-refractivity contribution >= 4 is 5.95 Å². The average molecular weight is 247 g/mol. The Balaban J connectivity index is 2.15. The lowest BCUT2D eigenvalue weighted by molar-refractivity contribution is 0.285. The number of rotatable bonds is 5. The molecule has 7 nitrogen and oxygen atoms in total. The summed E-state index contributed by atoms with van der Waals surface area (Å²) in [6.07, 6.45) is 4.04. The number of hydrogen-bond donors (Lipinski definition) is 1. The first-order chi connectivity index (χ1) is 8.78. The summed E-state index contributed by atoms with van der Waals surface area (Å²) in [5, 5.41) is 0. The molecule has 0 radical (unpaired) electrons. The highest BCUT2D eigenvalue weighted by Crippen LogP contribution is 2.18. The molecule has 2 aromatic heterocycles. The van der Waals surface area contributed by atoms with Gasteiger partial charge in [-0.25, -0.2) is 0 Å². The maximum atomic E-state index is 5.55. The number of nitrogens with two attached hydrogens (primary N) is 1. The van der Waals surface area contributed by atoms with E-state index in [9.17, 15) is 0 Å². The fourth-order valence-electron chi connectivity index (χ4n) is 1.17. The van der Waals surface area contributed by atoms with Crippen molar-refractivity contribution in [3.8, 4) is 17.8 Å². The number of ether oxygens (including phenoxy) is 2. The van der Waals surface area contributed by atoms with E-state index in [0.29, 0.717) is 12.4 Å². The number of nitrogens with zero attached hydrogens (tertiary/aromatic N) is 4. The number of hydrogen-bond acceptors (Lipinski definition) is 7. The molecule has 0 amide bonds.